The molecule has 0 fully saturated rings. The van der Waals surface area contributed by atoms with Crippen LogP contribution in [0.5, 0.6) is 0 Å². The van der Waals surface area contributed by atoms with Crippen molar-refractivity contribution in [2.45, 2.75) is 528 Å². The molecule has 127 heavy (non-hydrogen) atoms. The maximum absolute atomic E-state index is 14.1. The highest BCUT2D eigenvalue weighted by molar-refractivity contribution is 5.85. The number of amides is 4. The minimum Gasteiger partial charge on any atom is -0.392 e. The van der Waals surface area contributed by atoms with Gasteiger partial charge in [0.15, 0.2) is 0 Å². The molecule has 0 spiro atoms. The maximum Gasteiger partial charge on any atom is 0.221 e. The lowest BCUT2D eigenvalue weighted by atomic mass is 10.0. The van der Waals surface area contributed by atoms with Gasteiger partial charge in [-0.25, -0.2) is 0 Å². The summed E-state index contributed by atoms with van der Waals surface area (Å²) in [5.41, 5.74) is 0. The zero-order chi connectivity index (χ0) is 92.0. The summed E-state index contributed by atoms with van der Waals surface area (Å²) in [5.74, 6) is -0.484. The van der Waals surface area contributed by atoms with Crippen molar-refractivity contribution in [1.29, 1.82) is 0 Å². The van der Waals surface area contributed by atoms with Crippen LogP contribution in [0.2, 0.25) is 0 Å². The predicted octanol–water partition coefficient (Wildman–Crippen LogP) is 21.9. The quantitative estimate of drug-likeness (QED) is 0.0252. The summed E-state index contributed by atoms with van der Waals surface area (Å²) in [6.07, 6.45) is 76.3. The first-order valence-electron chi connectivity index (χ1n) is 55.0. The molecule has 6 atom stereocenters. The normalized spacial score (nSPS) is 13.3. The van der Waals surface area contributed by atoms with Crippen molar-refractivity contribution in [3.05, 3.63) is 0 Å². The summed E-state index contributed by atoms with van der Waals surface area (Å²) >= 11 is 0. The number of hydrogen-bond acceptors (Lipinski definition) is 16. The van der Waals surface area contributed by atoms with Crippen LogP contribution in [0.25, 0.3) is 0 Å². The van der Waals surface area contributed by atoms with E-state index in [2.05, 4.69) is 93.0 Å². The second kappa shape index (κ2) is 101. The summed E-state index contributed by atoms with van der Waals surface area (Å²) < 4.78 is 0. The summed E-state index contributed by atoms with van der Waals surface area (Å²) in [7, 11) is 0. The van der Waals surface area contributed by atoms with E-state index in [9.17, 15) is 49.8 Å². The van der Waals surface area contributed by atoms with E-state index in [1.165, 1.54) is 308 Å². The molecule has 20 nitrogen and oxygen atoms in total. The number of carbonyl (C=O) groups is 4. The average Bonchev–Trinajstić information content (AvgIpc) is 0.935. The third-order valence-corrected chi connectivity index (χ3v) is 26.1. The smallest absolute Gasteiger partial charge is 0.221 e. The molecule has 0 aliphatic rings. The van der Waals surface area contributed by atoms with E-state index in [-0.39, 0.29) is 61.7 Å². The van der Waals surface area contributed by atoms with Crippen LogP contribution < -0.4 is 31.9 Å². The lowest BCUT2D eigenvalue weighted by Crippen LogP contribution is -2.44. The molecule has 0 radical (unpaired) electrons. The van der Waals surface area contributed by atoms with Gasteiger partial charge in [0.05, 0.1) is 36.6 Å². The van der Waals surface area contributed by atoms with Crippen molar-refractivity contribution in [3.8, 4) is 0 Å². The summed E-state index contributed by atoms with van der Waals surface area (Å²) in [5, 5.41) is 86.5. The minimum atomic E-state index is -0.529. The Morgan fingerprint density at radius 1 is 0.197 bits per heavy atom. The van der Waals surface area contributed by atoms with E-state index in [0.717, 1.165) is 89.9 Å². The number of hydrogen-bond donors (Lipinski definition) is 12. The molecular formula is C106H217ClN10O10. The van der Waals surface area contributed by atoms with Crippen molar-refractivity contribution in [3.63, 3.8) is 0 Å². The zero-order valence-electron chi connectivity index (χ0n) is 84.6. The SMILES string of the molecule is CCCCCCCCCCCCC(O)CNCCNC(=O)CCN(CCC(=O)NCCN(CC(O)CCCCCCCCCCCC)CC(O)CCCCCCCCCCCC)CCN(CCC(=O)NCCNCC(O)CCCCCCCCCCCC)CCC(=O)NCCN(CC(O)CCCCCCCCCCCC)CC(O)CCCCCCCCCCCC.Cl. The van der Waals surface area contributed by atoms with Gasteiger partial charge in [-0.1, -0.05) is 427 Å². The molecule has 0 rings (SSSR count). The number of aliphatic hydroxyl groups is 6. The fraction of sp³-hybridized carbons (Fsp3) is 0.962. The fourth-order valence-electron chi connectivity index (χ4n) is 17.7. The molecule has 6 unspecified atom stereocenters. The monoisotopic (exact) mass is 1830 g/mol. The van der Waals surface area contributed by atoms with Crippen molar-refractivity contribution in [1.82, 2.24) is 51.5 Å². The van der Waals surface area contributed by atoms with Crippen LogP contribution in [0.4, 0.5) is 0 Å². The van der Waals surface area contributed by atoms with Gasteiger partial charge >= 0.3 is 0 Å². The average molecular weight is 1830 g/mol. The molecule has 758 valence electrons. The van der Waals surface area contributed by atoms with E-state index in [1.54, 1.807) is 0 Å². The number of nitrogens with zero attached hydrogens (tertiary/aromatic N) is 4. The molecule has 0 aliphatic carbocycles. The first-order chi connectivity index (χ1) is 61.6. The molecule has 0 saturated heterocycles. The first kappa shape index (κ1) is 127. The van der Waals surface area contributed by atoms with Gasteiger partial charge in [0.2, 0.25) is 23.6 Å². The highest BCUT2D eigenvalue weighted by Crippen LogP contribution is 2.21. The molecule has 0 bridgehead atoms. The van der Waals surface area contributed by atoms with Crippen LogP contribution in [-0.2, 0) is 19.2 Å². The van der Waals surface area contributed by atoms with E-state index < -0.39 is 36.6 Å². The van der Waals surface area contributed by atoms with Gasteiger partial charge in [-0.2, -0.15) is 0 Å². The Bertz CT molecular complexity index is 2050. The lowest BCUT2D eigenvalue weighted by molar-refractivity contribution is -0.123. The molecule has 0 aromatic carbocycles. The topological polar surface area (TPSA) is 275 Å². The van der Waals surface area contributed by atoms with E-state index in [0.29, 0.717) is 157 Å². The Labute approximate surface area is 791 Å². The predicted molar refractivity (Wildman–Crippen MR) is 544 cm³/mol. The van der Waals surface area contributed by atoms with Crippen LogP contribution >= 0.6 is 12.4 Å². The van der Waals surface area contributed by atoms with E-state index in [4.69, 9.17) is 0 Å². The third-order valence-electron chi connectivity index (χ3n) is 26.1. The van der Waals surface area contributed by atoms with Crippen molar-refractivity contribution >= 4 is 36.0 Å². The Balaban J connectivity index is 0. The Morgan fingerprint density at radius 2 is 0.362 bits per heavy atom. The Kier molecular flexibility index (Phi) is 101. The molecular weight excluding hydrogens is 1610 g/mol. The highest BCUT2D eigenvalue weighted by Gasteiger charge is 2.22. The Morgan fingerprint density at radius 3 is 0.551 bits per heavy atom. The van der Waals surface area contributed by atoms with Gasteiger partial charge < -0.3 is 72.3 Å². The molecule has 4 amide bonds. The first-order valence-corrected chi connectivity index (χ1v) is 55.0. The number of carbonyl (C=O) groups excluding carboxylic acids is 4. The highest BCUT2D eigenvalue weighted by atomic mass is 35.5. The van der Waals surface area contributed by atoms with Gasteiger partial charge in [0.25, 0.3) is 0 Å². The fourth-order valence-corrected chi connectivity index (χ4v) is 17.7. The standard InChI is InChI=1S/C106H216N10O10.ClH/c1-7-13-19-25-31-37-43-49-55-61-67-97(117)91-107-77-79-109-103(123)73-83-113(85-75-105(125)111-81-87-115(93-99(119)69-63-57-51-45-39-33-27-21-15-9-3)94-100(120)70-64-58-52-46-40-34-28-22-16-10-4)89-90-114(84-74-104(124)110-80-78-108-92-98(118)68-62-56-50-44-38-32-26-20-14-8-2)86-76-106(126)112-82-88-116(95-101(121)71-65-59-53-47-41-35-29-23-17-11-5)96-102(122)72-66-60-54-48-42-36-30-24-18-12-6;/h97-102,107-108,117-122H,7-96H2,1-6H3,(H,109,123)(H,110,124)(H,111,125)(H,112,126);1H. The molecule has 21 heteroatoms. The van der Waals surface area contributed by atoms with Gasteiger partial charge in [-0.15, -0.1) is 12.4 Å². The summed E-state index contributed by atoms with van der Waals surface area (Å²) in [6.45, 7) is 22.2. The second-order valence-electron chi connectivity index (χ2n) is 38.8. The van der Waals surface area contributed by atoms with Crippen LogP contribution in [0, 0.1) is 0 Å². The van der Waals surface area contributed by atoms with Crippen LogP contribution in [0.15, 0.2) is 0 Å². The van der Waals surface area contributed by atoms with Gasteiger partial charge in [-0.05, 0) is 38.5 Å². The van der Waals surface area contributed by atoms with Crippen molar-refractivity contribution in [2.24, 2.45) is 0 Å². The molecule has 12 N–H and O–H groups in total. The zero-order valence-corrected chi connectivity index (χ0v) is 85.4. The molecule has 0 heterocycles. The summed E-state index contributed by atoms with van der Waals surface area (Å²) in [6, 6.07) is 0. The van der Waals surface area contributed by atoms with E-state index in [1.807, 2.05) is 0 Å². The van der Waals surface area contributed by atoms with Crippen LogP contribution in [0.3, 0.4) is 0 Å². The second-order valence-corrected chi connectivity index (χ2v) is 38.8. The lowest BCUT2D eigenvalue weighted by Gasteiger charge is -2.28. The molecule has 0 aromatic heterocycles. The molecule has 0 saturated carbocycles. The number of unbranched alkanes of at least 4 members (excludes halogenated alkanes) is 54. The van der Waals surface area contributed by atoms with Crippen molar-refractivity contribution in [2.75, 3.05) is 131 Å². The maximum atomic E-state index is 14.1. The Hall–Kier alpha value is -2.31. The molecule has 0 aromatic rings. The largest absolute Gasteiger partial charge is 0.392 e. The third kappa shape index (κ3) is 95.2. The number of aliphatic hydroxyl groups excluding tert-OH is 6. The van der Waals surface area contributed by atoms with Crippen molar-refractivity contribution < 1.29 is 49.8 Å². The number of nitrogens with one attached hydrogen (secondary N) is 6. The van der Waals surface area contributed by atoms with Gasteiger partial charge in [0, 0.05) is 157 Å². The summed E-state index contributed by atoms with van der Waals surface area (Å²) in [4.78, 5) is 64.1. The van der Waals surface area contributed by atoms with Gasteiger partial charge in [-0.3, -0.25) is 29.0 Å². The number of rotatable bonds is 105. The minimum absolute atomic E-state index is 0. The van der Waals surface area contributed by atoms with Gasteiger partial charge in [0.1, 0.15) is 0 Å². The molecule has 0 aliphatic heterocycles. The van der Waals surface area contributed by atoms with Crippen LogP contribution in [-0.4, -0.2) is 241 Å². The van der Waals surface area contributed by atoms with E-state index >= 15 is 0 Å². The number of halogens is 1. The van der Waals surface area contributed by atoms with Crippen LogP contribution in [0.1, 0.15) is 491 Å².